The molecule has 154 valence electrons. The molecule has 2 amide bonds. The molecule has 1 unspecified atom stereocenters. The van der Waals surface area contributed by atoms with Crippen LogP contribution in [0.5, 0.6) is 0 Å². The molecule has 0 spiro atoms. The lowest BCUT2D eigenvalue weighted by atomic mass is 10.1. The van der Waals surface area contributed by atoms with E-state index in [-0.39, 0.29) is 24.3 Å². The number of rotatable bonds is 4. The van der Waals surface area contributed by atoms with E-state index in [0.29, 0.717) is 18.0 Å². The van der Waals surface area contributed by atoms with Gasteiger partial charge in [0.1, 0.15) is 12.4 Å². The standard InChI is InChI=1S/C23H23ClN4O2/c24-17-6-5-7-18(13-17)27-14-16(12-21(27)29)23-25-19-8-1-2-9-20(19)28(23)15-22(30)26-10-3-4-11-26/h1-2,5-9,13,16H,3-4,10-12,14-15H2. The van der Waals surface area contributed by atoms with Crippen LogP contribution in [0.4, 0.5) is 5.69 Å². The average molecular weight is 423 g/mol. The molecule has 2 aliphatic rings. The summed E-state index contributed by atoms with van der Waals surface area (Å²) in [6, 6.07) is 15.2. The first-order valence-electron chi connectivity index (χ1n) is 10.4. The van der Waals surface area contributed by atoms with Crippen molar-refractivity contribution in [3.8, 4) is 0 Å². The van der Waals surface area contributed by atoms with E-state index in [9.17, 15) is 9.59 Å². The molecule has 30 heavy (non-hydrogen) atoms. The van der Waals surface area contributed by atoms with Crippen molar-refractivity contribution in [1.29, 1.82) is 0 Å². The van der Waals surface area contributed by atoms with Gasteiger partial charge in [-0.15, -0.1) is 0 Å². The summed E-state index contributed by atoms with van der Waals surface area (Å²) in [7, 11) is 0. The van der Waals surface area contributed by atoms with Crippen molar-refractivity contribution >= 4 is 40.1 Å². The number of benzene rings is 2. The first kappa shape index (κ1) is 19.1. The maximum absolute atomic E-state index is 12.9. The molecule has 1 aromatic heterocycles. The maximum Gasteiger partial charge on any atom is 0.242 e. The van der Waals surface area contributed by atoms with Crippen LogP contribution in [0.2, 0.25) is 5.02 Å². The van der Waals surface area contributed by atoms with Crippen LogP contribution in [0.25, 0.3) is 11.0 Å². The summed E-state index contributed by atoms with van der Waals surface area (Å²) in [5.41, 5.74) is 2.59. The minimum absolute atomic E-state index is 0.0479. The highest BCUT2D eigenvalue weighted by Crippen LogP contribution is 2.34. The summed E-state index contributed by atoms with van der Waals surface area (Å²) in [4.78, 5) is 34.2. The molecule has 2 fully saturated rings. The monoisotopic (exact) mass is 422 g/mol. The number of para-hydroxylation sites is 2. The van der Waals surface area contributed by atoms with Gasteiger partial charge in [0.05, 0.1) is 11.0 Å². The molecule has 2 saturated heterocycles. The third kappa shape index (κ3) is 3.45. The number of fused-ring (bicyclic) bond motifs is 1. The van der Waals surface area contributed by atoms with Crippen LogP contribution in [0.1, 0.15) is 31.0 Å². The Balaban J connectivity index is 1.48. The minimum atomic E-state index is -0.0738. The van der Waals surface area contributed by atoms with Gasteiger partial charge in [-0.25, -0.2) is 4.98 Å². The zero-order valence-electron chi connectivity index (χ0n) is 16.6. The molecule has 6 nitrogen and oxygen atoms in total. The van der Waals surface area contributed by atoms with Crippen LogP contribution in [0, 0.1) is 0 Å². The lowest BCUT2D eigenvalue weighted by molar-refractivity contribution is -0.130. The highest BCUT2D eigenvalue weighted by Gasteiger charge is 2.35. The third-order valence-electron chi connectivity index (χ3n) is 6.05. The predicted octanol–water partition coefficient (Wildman–Crippen LogP) is 3.83. The fourth-order valence-corrected chi connectivity index (χ4v) is 4.73. The van der Waals surface area contributed by atoms with Crippen molar-refractivity contribution in [3.05, 3.63) is 59.4 Å². The van der Waals surface area contributed by atoms with Gasteiger partial charge in [0.25, 0.3) is 0 Å². The van der Waals surface area contributed by atoms with E-state index in [2.05, 4.69) is 0 Å². The number of halogens is 1. The predicted molar refractivity (Wildman–Crippen MR) is 117 cm³/mol. The summed E-state index contributed by atoms with van der Waals surface area (Å²) in [5, 5.41) is 0.604. The molecular weight excluding hydrogens is 400 g/mol. The Bertz CT molecular complexity index is 1120. The number of amides is 2. The fourth-order valence-electron chi connectivity index (χ4n) is 4.55. The Morgan fingerprint density at radius 3 is 2.70 bits per heavy atom. The Morgan fingerprint density at radius 1 is 1.10 bits per heavy atom. The van der Waals surface area contributed by atoms with Crippen molar-refractivity contribution < 1.29 is 9.59 Å². The van der Waals surface area contributed by atoms with E-state index in [4.69, 9.17) is 16.6 Å². The normalized spacial score (nSPS) is 19.2. The summed E-state index contributed by atoms with van der Waals surface area (Å²) < 4.78 is 2.01. The van der Waals surface area contributed by atoms with Gasteiger partial charge >= 0.3 is 0 Å². The lowest BCUT2D eigenvalue weighted by Crippen LogP contribution is -2.32. The van der Waals surface area contributed by atoms with Crippen LogP contribution in [-0.4, -0.2) is 45.9 Å². The van der Waals surface area contributed by atoms with Gasteiger partial charge in [-0.1, -0.05) is 29.8 Å². The Hall–Kier alpha value is -2.86. The van der Waals surface area contributed by atoms with Gasteiger partial charge in [-0.2, -0.15) is 0 Å². The molecule has 0 N–H and O–H groups in total. The largest absolute Gasteiger partial charge is 0.341 e. The van der Waals surface area contributed by atoms with Crippen LogP contribution < -0.4 is 4.90 Å². The Kier molecular flexibility index (Phi) is 4.95. The highest BCUT2D eigenvalue weighted by atomic mass is 35.5. The molecule has 2 aromatic carbocycles. The molecule has 3 heterocycles. The number of likely N-dealkylation sites (tertiary alicyclic amines) is 1. The van der Waals surface area contributed by atoms with Gasteiger partial charge in [0.2, 0.25) is 11.8 Å². The van der Waals surface area contributed by atoms with Gasteiger partial charge in [0, 0.05) is 42.7 Å². The van der Waals surface area contributed by atoms with Crippen molar-refractivity contribution in [3.63, 3.8) is 0 Å². The first-order chi connectivity index (χ1) is 14.6. The van der Waals surface area contributed by atoms with Crippen molar-refractivity contribution in [2.45, 2.75) is 31.7 Å². The smallest absolute Gasteiger partial charge is 0.242 e. The summed E-state index contributed by atoms with van der Waals surface area (Å²) >= 11 is 6.13. The summed E-state index contributed by atoms with van der Waals surface area (Å²) in [5.74, 6) is 0.900. The van der Waals surface area contributed by atoms with E-state index in [1.165, 1.54) is 0 Å². The second-order valence-electron chi connectivity index (χ2n) is 8.02. The van der Waals surface area contributed by atoms with Gasteiger partial charge in [-0.3, -0.25) is 9.59 Å². The molecule has 2 aliphatic heterocycles. The summed E-state index contributed by atoms with van der Waals surface area (Å²) in [6.07, 6.45) is 2.50. The second-order valence-corrected chi connectivity index (χ2v) is 8.45. The van der Waals surface area contributed by atoms with E-state index in [0.717, 1.165) is 48.5 Å². The molecule has 1 atom stereocenters. The third-order valence-corrected chi connectivity index (χ3v) is 6.28. The average Bonchev–Trinajstić information content (AvgIpc) is 3.47. The van der Waals surface area contributed by atoms with Gasteiger partial charge in [-0.05, 0) is 43.2 Å². The Labute approximate surface area is 180 Å². The topological polar surface area (TPSA) is 58.4 Å². The molecule has 5 rings (SSSR count). The molecule has 0 aliphatic carbocycles. The van der Waals surface area contributed by atoms with Crippen LogP contribution in [-0.2, 0) is 16.1 Å². The molecule has 0 saturated carbocycles. The lowest BCUT2D eigenvalue weighted by Gasteiger charge is -2.19. The number of hydrogen-bond donors (Lipinski definition) is 0. The highest BCUT2D eigenvalue weighted by molar-refractivity contribution is 6.30. The maximum atomic E-state index is 12.9. The van der Waals surface area contributed by atoms with Gasteiger partial charge < -0.3 is 14.4 Å². The van der Waals surface area contributed by atoms with E-state index in [1.54, 1.807) is 11.0 Å². The van der Waals surface area contributed by atoms with Crippen LogP contribution in [0.15, 0.2) is 48.5 Å². The number of hydrogen-bond acceptors (Lipinski definition) is 3. The zero-order chi connectivity index (χ0) is 20.7. The minimum Gasteiger partial charge on any atom is -0.341 e. The van der Waals surface area contributed by atoms with Gasteiger partial charge in [0.15, 0.2) is 0 Å². The van der Waals surface area contributed by atoms with E-state index < -0.39 is 0 Å². The quantitative estimate of drug-likeness (QED) is 0.642. The van der Waals surface area contributed by atoms with Crippen molar-refractivity contribution in [2.75, 3.05) is 24.5 Å². The number of carbonyl (C=O) groups is 2. The first-order valence-corrected chi connectivity index (χ1v) is 10.8. The molecule has 0 bridgehead atoms. The Morgan fingerprint density at radius 2 is 1.90 bits per heavy atom. The second kappa shape index (κ2) is 7.76. The molecule has 3 aromatic rings. The van der Waals surface area contributed by atoms with Crippen molar-refractivity contribution in [2.24, 2.45) is 0 Å². The van der Waals surface area contributed by atoms with E-state index >= 15 is 0 Å². The number of anilines is 1. The molecule has 0 radical (unpaired) electrons. The zero-order valence-corrected chi connectivity index (χ0v) is 17.4. The number of carbonyl (C=O) groups excluding carboxylic acids is 2. The van der Waals surface area contributed by atoms with E-state index in [1.807, 2.05) is 51.9 Å². The van der Waals surface area contributed by atoms with Crippen LogP contribution >= 0.6 is 11.6 Å². The summed E-state index contributed by atoms with van der Waals surface area (Å²) in [6.45, 7) is 2.44. The molecular formula is C23H23ClN4O2. The van der Waals surface area contributed by atoms with Crippen molar-refractivity contribution in [1.82, 2.24) is 14.5 Å². The number of aromatic nitrogens is 2. The van der Waals surface area contributed by atoms with Crippen LogP contribution in [0.3, 0.4) is 0 Å². The number of nitrogens with zero attached hydrogens (tertiary/aromatic N) is 4. The number of imidazole rings is 1. The SMILES string of the molecule is O=C(Cn1c(C2CC(=O)N(c3cccc(Cl)c3)C2)nc2ccccc21)N1CCCC1. The molecule has 7 heteroatoms. The fraction of sp³-hybridized carbons (Fsp3) is 0.348.